The smallest absolute Gasteiger partial charge is 0.255 e. The van der Waals surface area contributed by atoms with Gasteiger partial charge in [-0.25, -0.2) is 0 Å². The number of aromatic nitrogens is 1. The van der Waals surface area contributed by atoms with Crippen LogP contribution < -0.4 is 5.46 Å². The Bertz CT molecular complexity index is 364. The molecule has 1 aromatic rings. The van der Waals surface area contributed by atoms with Crippen molar-refractivity contribution in [2.45, 2.75) is 0 Å². The van der Waals surface area contributed by atoms with Crippen LogP contribution in [0.25, 0.3) is 0 Å². The van der Waals surface area contributed by atoms with E-state index in [2.05, 4.69) is 4.98 Å². The van der Waals surface area contributed by atoms with Crippen LogP contribution in [0.2, 0.25) is 0 Å². The molecule has 2 radical (unpaired) electrons. The Hall–Kier alpha value is -1.36. The Kier molecular flexibility index (Phi) is 3.01. The third-order valence-electron chi connectivity index (χ3n) is 2.30. The molecule has 0 unspecified atom stereocenters. The van der Waals surface area contributed by atoms with Crippen molar-refractivity contribution in [1.29, 1.82) is 0 Å². The number of nitrogens with zero attached hydrogens (tertiary/aromatic N) is 2. The van der Waals surface area contributed by atoms with Gasteiger partial charge in [-0.15, -0.1) is 0 Å². The molecule has 15 heavy (non-hydrogen) atoms. The maximum Gasteiger partial charge on any atom is 0.255 e. The summed E-state index contributed by atoms with van der Waals surface area (Å²) >= 11 is 0. The molecular weight excluding hydrogens is 191 g/mol. The van der Waals surface area contributed by atoms with Crippen LogP contribution in [0.5, 0.6) is 0 Å². The Morgan fingerprint density at radius 2 is 2.13 bits per heavy atom. The molecule has 2 heterocycles. The lowest BCUT2D eigenvalue weighted by molar-refractivity contribution is 0.0302. The normalized spacial score (nSPS) is 16.4. The van der Waals surface area contributed by atoms with Gasteiger partial charge >= 0.3 is 0 Å². The zero-order valence-corrected chi connectivity index (χ0v) is 8.35. The van der Waals surface area contributed by atoms with Crippen LogP contribution in [0.4, 0.5) is 0 Å². The number of ether oxygens (including phenoxy) is 1. The summed E-state index contributed by atoms with van der Waals surface area (Å²) in [6.45, 7) is 2.46. The fourth-order valence-corrected chi connectivity index (χ4v) is 1.52. The van der Waals surface area contributed by atoms with E-state index >= 15 is 0 Å². The fraction of sp³-hybridized carbons (Fsp3) is 0.400. The van der Waals surface area contributed by atoms with Crippen LogP contribution in [0, 0.1) is 0 Å². The first-order chi connectivity index (χ1) is 7.27. The van der Waals surface area contributed by atoms with Crippen LogP contribution in [-0.4, -0.2) is 49.9 Å². The fourth-order valence-electron chi connectivity index (χ4n) is 1.52. The van der Waals surface area contributed by atoms with E-state index in [9.17, 15) is 4.79 Å². The predicted molar refractivity (Wildman–Crippen MR) is 56.3 cm³/mol. The lowest BCUT2D eigenvalue weighted by atomic mass is 9.97. The van der Waals surface area contributed by atoms with E-state index < -0.39 is 0 Å². The topological polar surface area (TPSA) is 42.4 Å². The average molecular weight is 202 g/mol. The summed E-state index contributed by atoms with van der Waals surface area (Å²) in [4.78, 5) is 17.6. The van der Waals surface area contributed by atoms with Gasteiger partial charge in [-0.05, 0) is 0 Å². The molecule has 1 fully saturated rings. The maximum atomic E-state index is 11.9. The van der Waals surface area contributed by atoms with Crippen LogP contribution in [0.3, 0.4) is 0 Å². The molecule has 0 saturated carbocycles. The second kappa shape index (κ2) is 4.44. The van der Waals surface area contributed by atoms with Gasteiger partial charge in [0.25, 0.3) is 5.91 Å². The zero-order chi connectivity index (χ0) is 10.7. The van der Waals surface area contributed by atoms with E-state index in [1.165, 1.54) is 12.4 Å². The molecule has 2 rings (SSSR count). The highest BCUT2D eigenvalue weighted by Gasteiger charge is 2.18. The Morgan fingerprint density at radius 3 is 2.80 bits per heavy atom. The summed E-state index contributed by atoms with van der Waals surface area (Å²) in [7, 11) is 5.57. The quantitative estimate of drug-likeness (QED) is 0.568. The van der Waals surface area contributed by atoms with Gasteiger partial charge in [0, 0.05) is 25.5 Å². The summed E-state index contributed by atoms with van der Waals surface area (Å²) < 4.78 is 5.18. The molecule has 0 atom stereocenters. The molecule has 4 nitrogen and oxygen atoms in total. The van der Waals surface area contributed by atoms with Crippen molar-refractivity contribution in [3.63, 3.8) is 0 Å². The van der Waals surface area contributed by atoms with Gasteiger partial charge in [0.15, 0.2) is 0 Å². The van der Waals surface area contributed by atoms with E-state index in [-0.39, 0.29) is 5.91 Å². The highest BCUT2D eigenvalue weighted by atomic mass is 16.5. The SMILES string of the molecule is [B]c1cncc(C(=O)N2CCOCC2)c1. The largest absolute Gasteiger partial charge is 0.378 e. The van der Waals surface area contributed by atoms with Crippen molar-refractivity contribution < 1.29 is 9.53 Å². The summed E-state index contributed by atoms with van der Waals surface area (Å²) in [6, 6.07) is 1.64. The molecule has 0 aromatic carbocycles. The van der Waals surface area contributed by atoms with Crippen molar-refractivity contribution in [1.82, 2.24) is 9.88 Å². The number of rotatable bonds is 1. The van der Waals surface area contributed by atoms with Gasteiger partial charge < -0.3 is 9.64 Å². The Labute approximate surface area is 89.7 Å². The predicted octanol–water partition coefficient (Wildman–Crippen LogP) is -0.652. The van der Waals surface area contributed by atoms with E-state index in [0.717, 1.165) is 0 Å². The first kappa shape index (κ1) is 10.2. The molecule has 0 aliphatic carbocycles. The molecule has 1 amide bonds. The Balaban J connectivity index is 2.12. The molecule has 76 valence electrons. The average Bonchev–Trinajstić information content (AvgIpc) is 2.29. The van der Waals surface area contributed by atoms with Crippen molar-refractivity contribution in [2.75, 3.05) is 26.3 Å². The lowest BCUT2D eigenvalue weighted by Gasteiger charge is -2.26. The van der Waals surface area contributed by atoms with Crippen LogP contribution in [0.1, 0.15) is 10.4 Å². The lowest BCUT2D eigenvalue weighted by Crippen LogP contribution is -2.40. The number of amides is 1. The molecule has 0 N–H and O–H groups in total. The molecule has 1 aliphatic rings. The summed E-state index contributed by atoms with van der Waals surface area (Å²) in [5.41, 5.74) is 1.05. The van der Waals surface area contributed by atoms with Crippen LogP contribution >= 0.6 is 0 Å². The third-order valence-corrected chi connectivity index (χ3v) is 2.30. The molecule has 5 heteroatoms. The monoisotopic (exact) mass is 202 g/mol. The number of morpholine rings is 1. The maximum absolute atomic E-state index is 11.9. The number of carbonyl (C=O) groups excluding carboxylic acids is 1. The second-order valence-corrected chi connectivity index (χ2v) is 3.41. The van der Waals surface area contributed by atoms with E-state index in [0.29, 0.717) is 37.3 Å². The number of pyridine rings is 1. The third kappa shape index (κ3) is 2.36. The molecule has 1 aromatic heterocycles. The number of carbonyl (C=O) groups is 1. The molecule has 0 spiro atoms. The first-order valence-corrected chi connectivity index (χ1v) is 4.85. The highest BCUT2D eigenvalue weighted by molar-refractivity contribution is 6.32. The van der Waals surface area contributed by atoms with E-state index in [1.807, 2.05) is 0 Å². The van der Waals surface area contributed by atoms with Crippen molar-refractivity contribution in [3.05, 3.63) is 24.0 Å². The van der Waals surface area contributed by atoms with Gasteiger partial charge in [0.1, 0.15) is 7.85 Å². The van der Waals surface area contributed by atoms with Crippen molar-refractivity contribution in [2.24, 2.45) is 0 Å². The minimum atomic E-state index is -0.0295. The van der Waals surface area contributed by atoms with E-state index in [1.54, 1.807) is 11.0 Å². The minimum absolute atomic E-state index is 0.0295. The molecular formula is C10H11BN2O2. The standard InChI is InChI=1S/C10H11BN2O2/c11-9-5-8(6-12-7-9)10(14)13-1-3-15-4-2-13/h5-7H,1-4H2. The second-order valence-electron chi connectivity index (χ2n) is 3.41. The molecule has 1 saturated heterocycles. The van der Waals surface area contributed by atoms with Gasteiger partial charge in [0.05, 0.1) is 18.8 Å². The van der Waals surface area contributed by atoms with Gasteiger partial charge in [-0.2, -0.15) is 0 Å². The van der Waals surface area contributed by atoms with Gasteiger partial charge in [-0.1, -0.05) is 11.5 Å². The van der Waals surface area contributed by atoms with Gasteiger partial charge in [-0.3, -0.25) is 9.78 Å². The van der Waals surface area contributed by atoms with Crippen LogP contribution in [-0.2, 0) is 4.74 Å². The molecule has 0 bridgehead atoms. The minimum Gasteiger partial charge on any atom is -0.378 e. The first-order valence-electron chi connectivity index (χ1n) is 4.85. The highest BCUT2D eigenvalue weighted by Crippen LogP contribution is 2.04. The number of hydrogen-bond acceptors (Lipinski definition) is 3. The van der Waals surface area contributed by atoms with Crippen molar-refractivity contribution >= 4 is 19.2 Å². The van der Waals surface area contributed by atoms with Gasteiger partial charge in [0.2, 0.25) is 0 Å². The summed E-state index contributed by atoms with van der Waals surface area (Å²) in [5, 5.41) is 0. The summed E-state index contributed by atoms with van der Waals surface area (Å²) in [6.07, 6.45) is 3.06. The molecule has 1 aliphatic heterocycles. The zero-order valence-electron chi connectivity index (χ0n) is 8.35. The van der Waals surface area contributed by atoms with Crippen LogP contribution in [0.15, 0.2) is 18.5 Å². The Morgan fingerprint density at radius 1 is 1.40 bits per heavy atom. The van der Waals surface area contributed by atoms with Crippen molar-refractivity contribution in [3.8, 4) is 0 Å². The summed E-state index contributed by atoms with van der Waals surface area (Å²) in [5.74, 6) is -0.0295. The number of hydrogen-bond donors (Lipinski definition) is 0. The van der Waals surface area contributed by atoms with E-state index in [4.69, 9.17) is 12.6 Å².